The Kier molecular flexibility index (Phi) is 2.37. The van der Waals surface area contributed by atoms with Crippen LogP contribution in [0.3, 0.4) is 0 Å². The molecule has 0 spiro atoms. The molecule has 13 heavy (non-hydrogen) atoms. The summed E-state index contributed by atoms with van der Waals surface area (Å²) in [4.78, 5) is 0. The van der Waals surface area contributed by atoms with E-state index in [1.54, 1.807) is 0 Å². The topological polar surface area (TPSA) is 73.1 Å². The molecule has 3 N–H and O–H groups in total. The van der Waals surface area contributed by atoms with Crippen molar-refractivity contribution in [2.75, 3.05) is 18.6 Å². The average Bonchev–Trinajstić information content (AvgIpc) is 2.71. The number of ether oxygens (including phenoxy) is 1. The van der Waals surface area contributed by atoms with Crippen LogP contribution in [0.4, 0.5) is 5.82 Å². The normalized spacial score (nSPS) is 21.8. The van der Waals surface area contributed by atoms with E-state index < -0.39 is 0 Å². The molecule has 2 rings (SSSR count). The number of aromatic nitrogens is 2. The summed E-state index contributed by atoms with van der Waals surface area (Å²) in [5.41, 5.74) is 3.42. The average molecular weight is 180 g/mol. The van der Waals surface area contributed by atoms with Crippen LogP contribution >= 0.6 is 0 Å². The number of nitrogen functional groups attached to an aromatic ring is 1. The predicted octanol–water partition coefficient (Wildman–Crippen LogP) is 0.266. The summed E-state index contributed by atoms with van der Waals surface area (Å²) < 4.78 is 5.26. The summed E-state index contributed by atoms with van der Waals surface area (Å²) in [6.45, 7) is 1.58. The molecule has 1 unspecified atom stereocenters. The molecule has 0 amide bonds. The predicted molar refractivity (Wildman–Crippen MR) is 48.0 cm³/mol. The maximum Gasteiger partial charge on any atom is 0.162 e. The molecule has 1 aliphatic rings. The van der Waals surface area contributed by atoms with Gasteiger partial charge in [0.15, 0.2) is 5.82 Å². The lowest BCUT2D eigenvalue weighted by molar-refractivity contribution is 0.193. The Balaban J connectivity index is 2.12. The molecule has 1 aromatic rings. The van der Waals surface area contributed by atoms with E-state index in [1.165, 1.54) is 0 Å². The Morgan fingerprint density at radius 1 is 1.46 bits per heavy atom. The summed E-state index contributed by atoms with van der Waals surface area (Å²) in [6, 6.07) is 3.75. The first-order valence-corrected chi connectivity index (χ1v) is 4.28. The minimum Gasteiger partial charge on any atom is -0.381 e. The Labute approximate surface area is 76.3 Å². The maximum absolute atomic E-state index is 5.26. The number of hydrogen-bond donors (Lipinski definition) is 2. The molecule has 2 heterocycles. The van der Waals surface area contributed by atoms with Crippen molar-refractivity contribution in [3.8, 4) is 0 Å². The molecule has 0 aromatic carbocycles. The van der Waals surface area contributed by atoms with E-state index in [-0.39, 0.29) is 0 Å². The fraction of sp³-hybridized carbons (Fsp3) is 0.500. The monoisotopic (exact) mass is 180 g/mol. The quantitative estimate of drug-likeness (QED) is 0.504. The Morgan fingerprint density at radius 3 is 2.92 bits per heavy atom. The highest BCUT2D eigenvalue weighted by Gasteiger charge is 2.19. The fourth-order valence-electron chi connectivity index (χ4n) is 1.41. The van der Waals surface area contributed by atoms with Crippen LogP contribution in [0.2, 0.25) is 0 Å². The van der Waals surface area contributed by atoms with E-state index in [0.717, 1.165) is 25.3 Å². The number of anilines is 1. The molecule has 1 fully saturated rings. The van der Waals surface area contributed by atoms with Gasteiger partial charge in [0.25, 0.3) is 0 Å². The molecule has 1 aliphatic heterocycles. The van der Waals surface area contributed by atoms with Gasteiger partial charge in [-0.25, -0.2) is 5.84 Å². The van der Waals surface area contributed by atoms with Crippen molar-refractivity contribution in [3.05, 3.63) is 17.8 Å². The second-order valence-corrected chi connectivity index (χ2v) is 3.05. The van der Waals surface area contributed by atoms with E-state index in [1.807, 2.05) is 12.1 Å². The molecule has 5 heteroatoms. The number of nitrogens with two attached hydrogens (primary N) is 1. The van der Waals surface area contributed by atoms with E-state index >= 15 is 0 Å². The van der Waals surface area contributed by atoms with Gasteiger partial charge >= 0.3 is 0 Å². The zero-order valence-corrected chi connectivity index (χ0v) is 7.23. The number of nitrogens with zero attached hydrogens (tertiary/aromatic N) is 2. The van der Waals surface area contributed by atoms with Crippen LogP contribution in [0, 0.1) is 0 Å². The molecular weight excluding hydrogens is 168 g/mol. The minimum atomic E-state index is 0.402. The van der Waals surface area contributed by atoms with Crippen LogP contribution in [-0.2, 0) is 4.74 Å². The number of rotatable bonds is 2. The molecule has 70 valence electrons. The summed E-state index contributed by atoms with van der Waals surface area (Å²) in [5, 5.41) is 7.96. The van der Waals surface area contributed by atoms with Crippen LogP contribution in [0.25, 0.3) is 0 Å². The standard InChI is InChI=1S/C8H12N4O/c9-10-8-2-1-7(11-12-8)6-3-4-13-5-6/h1-2,6H,3-5,9H2,(H,10,12). The van der Waals surface area contributed by atoms with Crippen molar-refractivity contribution in [1.29, 1.82) is 0 Å². The minimum absolute atomic E-state index is 0.402. The Morgan fingerprint density at radius 2 is 2.38 bits per heavy atom. The largest absolute Gasteiger partial charge is 0.381 e. The lowest BCUT2D eigenvalue weighted by Gasteiger charge is -2.05. The van der Waals surface area contributed by atoms with Crippen LogP contribution < -0.4 is 11.3 Å². The van der Waals surface area contributed by atoms with Gasteiger partial charge in [0.2, 0.25) is 0 Å². The molecule has 0 bridgehead atoms. The van der Waals surface area contributed by atoms with Gasteiger partial charge in [0.1, 0.15) is 0 Å². The van der Waals surface area contributed by atoms with Crippen LogP contribution in [-0.4, -0.2) is 23.4 Å². The van der Waals surface area contributed by atoms with Gasteiger partial charge in [-0.3, -0.25) is 0 Å². The van der Waals surface area contributed by atoms with Crippen LogP contribution in [0.15, 0.2) is 12.1 Å². The maximum atomic E-state index is 5.26. The highest BCUT2D eigenvalue weighted by atomic mass is 16.5. The van der Waals surface area contributed by atoms with Gasteiger partial charge in [0, 0.05) is 12.5 Å². The van der Waals surface area contributed by atoms with Gasteiger partial charge in [-0.05, 0) is 18.6 Å². The summed E-state index contributed by atoms with van der Waals surface area (Å²) in [5.74, 6) is 6.16. The fourth-order valence-corrected chi connectivity index (χ4v) is 1.41. The Hall–Kier alpha value is -1.20. The van der Waals surface area contributed by atoms with Crippen molar-refractivity contribution < 1.29 is 4.74 Å². The zero-order valence-electron chi connectivity index (χ0n) is 7.23. The molecule has 5 nitrogen and oxygen atoms in total. The molecular formula is C8H12N4O. The second kappa shape index (κ2) is 3.68. The van der Waals surface area contributed by atoms with Gasteiger partial charge in [0.05, 0.1) is 12.3 Å². The zero-order chi connectivity index (χ0) is 9.10. The number of hydrazine groups is 1. The molecule has 1 saturated heterocycles. The van der Waals surface area contributed by atoms with Gasteiger partial charge < -0.3 is 10.2 Å². The lowest BCUT2D eigenvalue weighted by Crippen LogP contribution is -2.10. The van der Waals surface area contributed by atoms with Crippen molar-refractivity contribution in [3.63, 3.8) is 0 Å². The van der Waals surface area contributed by atoms with Crippen molar-refractivity contribution in [1.82, 2.24) is 10.2 Å². The van der Waals surface area contributed by atoms with Crippen molar-refractivity contribution in [2.24, 2.45) is 5.84 Å². The molecule has 1 atom stereocenters. The third kappa shape index (κ3) is 1.76. The highest BCUT2D eigenvalue weighted by molar-refractivity contribution is 5.31. The van der Waals surface area contributed by atoms with E-state index in [9.17, 15) is 0 Å². The van der Waals surface area contributed by atoms with Crippen LogP contribution in [0.5, 0.6) is 0 Å². The number of nitrogens with one attached hydrogen (secondary N) is 1. The lowest BCUT2D eigenvalue weighted by atomic mass is 10.1. The third-order valence-electron chi connectivity index (χ3n) is 2.18. The first-order valence-electron chi connectivity index (χ1n) is 4.28. The first kappa shape index (κ1) is 8.40. The first-order chi connectivity index (χ1) is 6.40. The van der Waals surface area contributed by atoms with Crippen molar-refractivity contribution in [2.45, 2.75) is 12.3 Å². The summed E-state index contributed by atoms with van der Waals surface area (Å²) >= 11 is 0. The SMILES string of the molecule is NNc1ccc(C2CCOC2)nn1. The molecule has 0 saturated carbocycles. The summed E-state index contributed by atoms with van der Waals surface area (Å²) in [6.07, 6.45) is 1.03. The molecule has 1 aromatic heterocycles. The van der Waals surface area contributed by atoms with E-state index in [4.69, 9.17) is 10.6 Å². The van der Waals surface area contributed by atoms with Gasteiger partial charge in [-0.15, -0.1) is 5.10 Å². The van der Waals surface area contributed by atoms with E-state index in [2.05, 4.69) is 15.6 Å². The van der Waals surface area contributed by atoms with Gasteiger partial charge in [-0.2, -0.15) is 5.10 Å². The van der Waals surface area contributed by atoms with Gasteiger partial charge in [-0.1, -0.05) is 0 Å². The second-order valence-electron chi connectivity index (χ2n) is 3.05. The molecule has 0 aliphatic carbocycles. The number of hydrogen-bond acceptors (Lipinski definition) is 5. The molecule has 0 radical (unpaired) electrons. The van der Waals surface area contributed by atoms with E-state index in [0.29, 0.717) is 11.7 Å². The van der Waals surface area contributed by atoms with Crippen molar-refractivity contribution >= 4 is 5.82 Å². The highest BCUT2D eigenvalue weighted by Crippen LogP contribution is 2.22. The van der Waals surface area contributed by atoms with Crippen LogP contribution in [0.1, 0.15) is 18.0 Å². The third-order valence-corrected chi connectivity index (χ3v) is 2.18. The Bertz CT molecular complexity index is 268. The smallest absolute Gasteiger partial charge is 0.162 e. The summed E-state index contributed by atoms with van der Waals surface area (Å²) in [7, 11) is 0.